The number of rotatable bonds is 6. The molecule has 0 unspecified atom stereocenters. The zero-order valence-electron chi connectivity index (χ0n) is 8.75. The van der Waals surface area contributed by atoms with E-state index in [9.17, 15) is 18.0 Å². The lowest BCUT2D eigenvalue weighted by atomic mass is 10.3. The number of nitrogens with one attached hydrogen (secondary N) is 1. The maximum Gasteiger partial charge on any atom is 0.389 e. The minimum absolute atomic E-state index is 0.0304. The van der Waals surface area contributed by atoms with E-state index in [4.69, 9.17) is 5.11 Å². The van der Waals surface area contributed by atoms with Crippen molar-refractivity contribution in [2.75, 3.05) is 11.9 Å². The van der Waals surface area contributed by atoms with E-state index in [-0.39, 0.29) is 19.4 Å². The summed E-state index contributed by atoms with van der Waals surface area (Å²) in [6.07, 6.45) is -5.19. The van der Waals surface area contributed by atoms with Crippen molar-refractivity contribution in [1.29, 1.82) is 0 Å². The summed E-state index contributed by atoms with van der Waals surface area (Å²) in [5, 5.41) is 13.2. The van der Waals surface area contributed by atoms with Crippen LogP contribution < -0.4 is 5.32 Å². The van der Waals surface area contributed by atoms with Gasteiger partial charge in [0, 0.05) is 18.3 Å². The predicted molar refractivity (Wildman–Crippen MR) is 57.2 cm³/mol. The Hall–Kier alpha value is -1.31. The van der Waals surface area contributed by atoms with Crippen LogP contribution in [0.25, 0.3) is 0 Å². The molecule has 0 aliphatic rings. The molecule has 1 aromatic rings. The van der Waals surface area contributed by atoms with E-state index in [0.717, 1.165) is 0 Å². The van der Waals surface area contributed by atoms with E-state index < -0.39 is 18.6 Å². The summed E-state index contributed by atoms with van der Waals surface area (Å²) in [6, 6.07) is 0. The number of anilines is 1. The average molecular weight is 268 g/mol. The quantitative estimate of drug-likeness (QED) is 0.778. The first-order valence-corrected chi connectivity index (χ1v) is 5.71. The zero-order valence-corrected chi connectivity index (χ0v) is 9.57. The molecule has 17 heavy (non-hydrogen) atoms. The number of hydrogen-bond acceptors (Lipinski definition) is 4. The fourth-order valence-corrected chi connectivity index (χ4v) is 1.85. The van der Waals surface area contributed by atoms with Crippen LogP contribution in [0.3, 0.4) is 0 Å². The van der Waals surface area contributed by atoms with Gasteiger partial charge in [-0.15, -0.1) is 11.3 Å². The average Bonchev–Trinajstić information content (AvgIpc) is 2.58. The van der Waals surface area contributed by atoms with Gasteiger partial charge < -0.3 is 10.4 Å². The Bertz CT molecular complexity index is 379. The van der Waals surface area contributed by atoms with Crippen LogP contribution in [0.4, 0.5) is 18.3 Å². The molecule has 2 N–H and O–H groups in total. The lowest BCUT2D eigenvalue weighted by Gasteiger charge is -2.05. The van der Waals surface area contributed by atoms with Crippen molar-refractivity contribution in [3.63, 3.8) is 0 Å². The zero-order chi connectivity index (χ0) is 12.9. The highest BCUT2D eigenvalue weighted by Gasteiger charge is 2.25. The molecule has 1 heterocycles. The number of thiazole rings is 1. The Kier molecular flexibility index (Phi) is 4.73. The third kappa shape index (κ3) is 6.10. The van der Waals surface area contributed by atoms with Crippen LogP contribution in [-0.4, -0.2) is 28.8 Å². The lowest BCUT2D eigenvalue weighted by molar-refractivity contribution is -0.136. The van der Waals surface area contributed by atoms with Gasteiger partial charge in [0.05, 0.1) is 12.1 Å². The van der Waals surface area contributed by atoms with Gasteiger partial charge in [-0.3, -0.25) is 4.79 Å². The summed E-state index contributed by atoms with van der Waals surface area (Å²) in [5.41, 5.74) is 0.404. The first-order valence-electron chi connectivity index (χ1n) is 4.83. The normalized spacial score (nSPS) is 11.5. The highest BCUT2D eigenvalue weighted by Crippen LogP contribution is 2.21. The van der Waals surface area contributed by atoms with Crippen LogP contribution in [0.1, 0.15) is 18.5 Å². The molecule has 0 spiro atoms. The number of carboxylic acid groups (broad SMARTS) is 1. The smallest absolute Gasteiger partial charge is 0.389 e. The lowest BCUT2D eigenvalue weighted by Crippen LogP contribution is -2.11. The number of alkyl halides is 3. The summed E-state index contributed by atoms with van der Waals surface area (Å²) < 4.78 is 35.5. The topological polar surface area (TPSA) is 62.2 Å². The molecule has 0 saturated carbocycles. The van der Waals surface area contributed by atoms with Crippen molar-refractivity contribution in [2.45, 2.75) is 25.4 Å². The fourth-order valence-electron chi connectivity index (χ4n) is 1.11. The first kappa shape index (κ1) is 13.8. The molecule has 1 aromatic heterocycles. The van der Waals surface area contributed by atoms with Gasteiger partial charge in [0.2, 0.25) is 0 Å². The largest absolute Gasteiger partial charge is 0.481 e. The Morgan fingerprint density at radius 2 is 2.24 bits per heavy atom. The molecule has 0 atom stereocenters. The van der Waals surface area contributed by atoms with E-state index >= 15 is 0 Å². The van der Waals surface area contributed by atoms with Gasteiger partial charge in [0.15, 0.2) is 5.13 Å². The van der Waals surface area contributed by atoms with Crippen LogP contribution in [0.2, 0.25) is 0 Å². The summed E-state index contributed by atoms with van der Waals surface area (Å²) >= 11 is 1.18. The minimum Gasteiger partial charge on any atom is -0.481 e. The van der Waals surface area contributed by atoms with Gasteiger partial charge in [0.1, 0.15) is 0 Å². The van der Waals surface area contributed by atoms with Crippen molar-refractivity contribution in [3.8, 4) is 0 Å². The SMILES string of the molecule is O=C(O)Cc1csc(NCCCC(F)(F)F)n1. The van der Waals surface area contributed by atoms with Crippen LogP contribution in [-0.2, 0) is 11.2 Å². The highest BCUT2D eigenvalue weighted by atomic mass is 32.1. The molecule has 0 aromatic carbocycles. The van der Waals surface area contributed by atoms with Crippen molar-refractivity contribution >= 4 is 22.4 Å². The van der Waals surface area contributed by atoms with Crippen molar-refractivity contribution in [2.24, 2.45) is 0 Å². The summed E-state index contributed by atoms with van der Waals surface area (Å²) in [4.78, 5) is 14.3. The number of carboxylic acids is 1. The maximum absolute atomic E-state index is 11.8. The number of nitrogens with zero attached hydrogens (tertiary/aromatic N) is 1. The van der Waals surface area contributed by atoms with Gasteiger partial charge in [-0.25, -0.2) is 4.98 Å². The standard InChI is InChI=1S/C9H11F3N2O2S/c10-9(11,12)2-1-3-13-8-14-6(5-17-8)4-7(15)16/h5H,1-4H2,(H,13,14)(H,15,16). The molecule has 8 heteroatoms. The molecule has 0 fully saturated rings. The van der Waals surface area contributed by atoms with Gasteiger partial charge in [-0.2, -0.15) is 13.2 Å². The Morgan fingerprint density at radius 1 is 1.53 bits per heavy atom. The monoisotopic (exact) mass is 268 g/mol. The predicted octanol–water partition coefficient (Wildman–Crippen LogP) is 2.52. The third-order valence-electron chi connectivity index (χ3n) is 1.80. The van der Waals surface area contributed by atoms with Gasteiger partial charge in [0.25, 0.3) is 0 Å². The van der Waals surface area contributed by atoms with E-state index in [1.165, 1.54) is 11.3 Å². The summed E-state index contributed by atoms with van der Waals surface area (Å²) in [7, 11) is 0. The molecule has 96 valence electrons. The Labute approximate surface area is 99.5 Å². The highest BCUT2D eigenvalue weighted by molar-refractivity contribution is 7.13. The molecule has 1 rings (SSSR count). The molecule has 0 aliphatic carbocycles. The maximum atomic E-state index is 11.8. The second-order valence-corrected chi connectivity index (χ2v) is 4.22. The van der Waals surface area contributed by atoms with Gasteiger partial charge >= 0.3 is 12.1 Å². The number of carbonyl (C=O) groups is 1. The molecule has 4 nitrogen and oxygen atoms in total. The summed E-state index contributed by atoms with van der Waals surface area (Å²) in [6.45, 7) is 0.166. The van der Waals surface area contributed by atoms with Gasteiger partial charge in [-0.05, 0) is 6.42 Å². The Balaban J connectivity index is 2.28. The van der Waals surface area contributed by atoms with E-state index in [2.05, 4.69) is 10.3 Å². The van der Waals surface area contributed by atoms with Crippen LogP contribution in [0, 0.1) is 0 Å². The van der Waals surface area contributed by atoms with Crippen LogP contribution in [0.15, 0.2) is 5.38 Å². The number of aliphatic carboxylic acids is 1. The van der Waals surface area contributed by atoms with E-state index in [1.54, 1.807) is 5.38 Å². The number of aromatic nitrogens is 1. The third-order valence-corrected chi connectivity index (χ3v) is 2.65. The Morgan fingerprint density at radius 3 is 2.82 bits per heavy atom. The molecule has 0 amide bonds. The minimum atomic E-state index is -4.14. The van der Waals surface area contributed by atoms with Crippen LogP contribution >= 0.6 is 11.3 Å². The van der Waals surface area contributed by atoms with Crippen molar-refractivity contribution in [3.05, 3.63) is 11.1 Å². The fraction of sp³-hybridized carbons (Fsp3) is 0.556. The molecule has 0 saturated heterocycles. The van der Waals surface area contributed by atoms with Crippen molar-refractivity contribution in [1.82, 2.24) is 4.98 Å². The summed E-state index contributed by atoms with van der Waals surface area (Å²) in [5.74, 6) is -0.987. The van der Waals surface area contributed by atoms with Gasteiger partial charge in [-0.1, -0.05) is 0 Å². The number of hydrogen-bond donors (Lipinski definition) is 2. The molecule has 0 radical (unpaired) electrons. The molecular weight excluding hydrogens is 257 g/mol. The second-order valence-electron chi connectivity index (χ2n) is 3.36. The first-order chi connectivity index (χ1) is 7.87. The van der Waals surface area contributed by atoms with Crippen LogP contribution in [0.5, 0.6) is 0 Å². The number of halogens is 3. The van der Waals surface area contributed by atoms with Crippen molar-refractivity contribution < 1.29 is 23.1 Å². The molecular formula is C9H11F3N2O2S. The second kappa shape index (κ2) is 5.85. The molecule has 0 aliphatic heterocycles. The van der Waals surface area contributed by atoms with E-state index in [0.29, 0.717) is 10.8 Å². The van der Waals surface area contributed by atoms with E-state index in [1.807, 2.05) is 0 Å². The molecule has 0 bridgehead atoms.